The van der Waals surface area contributed by atoms with Crippen LogP contribution in [0, 0.1) is 6.92 Å². The Bertz CT molecular complexity index is 1150. The second-order valence-corrected chi connectivity index (χ2v) is 5.86. The van der Waals surface area contributed by atoms with E-state index in [0.717, 1.165) is 16.7 Å². The van der Waals surface area contributed by atoms with Crippen LogP contribution in [0.3, 0.4) is 0 Å². The van der Waals surface area contributed by atoms with Crippen molar-refractivity contribution in [2.45, 2.75) is 19.8 Å². The molecule has 0 aliphatic heterocycles. The molecule has 10 heteroatoms. The van der Waals surface area contributed by atoms with Crippen molar-refractivity contribution >= 4 is 22.6 Å². The molecule has 1 amide bonds. The minimum Gasteiger partial charge on any atom is -0.422 e. The van der Waals surface area contributed by atoms with Gasteiger partial charge in [0.25, 0.3) is 5.56 Å². The quantitative estimate of drug-likeness (QED) is 0.735. The predicted octanol–water partition coefficient (Wildman–Crippen LogP) is 2.80. The van der Waals surface area contributed by atoms with Crippen LogP contribution in [0.1, 0.15) is 5.56 Å². The molecule has 3 aromatic rings. The first-order valence-electron chi connectivity index (χ1n) is 7.92. The number of aromatic nitrogens is 1. The molecule has 1 N–H and O–H groups in total. The Morgan fingerprint density at radius 2 is 1.86 bits per heavy atom. The summed E-state index contributed by atoms with van der Waals surface area (Å²) in [7, 11) is 0. The van der Waals surface area contributed by atoms with Gasteiger partial charge >= 0.3 is 12.0 Å². The minimum absolute atomic E-state index is 0.118. The van der Waals surface area contributed by atoms with Crippen molar-refractivity contribution in [2.24, 2.45) is 0 Å². The number of nitrogens with zero attached hydrogens (tertiary/aromatic N) is 1. The second-order valence-electron chi connectivity index (χ2n) is 5.86. The number of carbonyl (C=O) groups is 1. The molecule has 1 aromatic carbocycles. The molecule has 0 saturated carbocycles. The summed E-state index contributed by atoms with van der Waals surface area (Å²) in [5.41, 5.74) is -0.325. The van der Waals surface area contributed by atoms with E-state index in [9.17, 15) is 27.6 Å². The number of nitrogens with one attached hydrogen (secondary N) is 1. The summed E-state index contributed by atoms with van der Waals surface area (Å²) < 4.78 is 46.3. The van der Waals surface area contributed by atoms with Crippen molar-refractivity contribution in [3.8, 4) is 5.75 Å². The van der Waals surface area contributed by atoms with Crippen molar-refractivity contribution in [1.29, 1.82) is 0 Å². The minimum atomic E-state index is -4.81. The first kappa shape index (κ1) is 19.2. The number of carbonyl (C=O) groups excluding carboxylic acids is 1. The Balaban J connectivity index is 1.76. The van der Waals surface area contributed by atoms with Gasteiger partial charge in [-0.05, 0) is 42.8 Å². The van der Waals surface area contributed by atoms with Gasteiger partial charge in [0.05, 0.1) is 5.39 Å². The van der Waals surface area contributed by atoms with Crippen LogP contribution in [-0.4, -0.2) is 16.8 Å². The van der Waals surface area contributed by atoms with Crippen LogP contribution in [0.25, 0.3) is 11.0 Å². The SMILES string of the molecule is Cc1cc(=O)oc2ccn(CC(=O)Nc3ccc(OC(F)(F)F)cc3)c(=O)c12. The van der Waals surface area contributed by atoms with Gasteiger partial charge in [0.15, 0.2) is 0 Å². The smallest absolute Gasteiger partial charge is 0.422 e. The van der Waals surface area contributed by atoms with E-state index in [0.29, 0.717) is 5.56 Å². The number of fused-ring (bicyclic) bond motifs is 1. The van der Waals surface area contributed by atoms with Gasteiger partial charge in [-0.1, -0.05) is 0 Å². The van der Waals surface area contributed by atoms with Gasteiger partial charge in [0, 0.05) is 18.0 Å². The average molecular weight is 394 g/mol. The van der Waals surface area contributed by atoms with Crippen LogP contribution in [0.5, 0.6) is 5.75 Å². The Morgan fingerprint density at radius 1 is 1.18 bits per heavy atom. The zero-order valence-corrected chi connectivity index (χ0v) is 14.4. The van der Waals surface area contributed by atoms with Crippen molar-refractivity contribution in [3.63, 3.8) is 0 Å². The summed E-state index contributed by atoms with van der Waals surface area (Å²) in [6.45, 7) is 1.24. The molecule has 0 unspecified atom stereocenters. The molecular formula is C18H13F3N2O5. The molecule has 3 rings (SSSR count). The molecule has 0 fully saturated rings. The summed E-state index contributed by atoms with van der Waals surface area (Å²) in [5, 5.41) is 2.65. The first-order chi connectivity index (χ1) is 13.1. The van der Waals surface area contributed by atoms with Crippen LogP contribution in [0.4, 0.5) is 18.9 Å². The molecule has 0 aliphatic carbocycles. The molecule has 0 aliphatic rings. The topological polar surface area (TPSA) is 90.5 Å². The maximum absolute atomic E-state index is 12.5. The third-order valence-corrected chi connectivity index (χ3v) is 3.75. The van der Waals surface area contributed by atoms with Gasteiger partial charge in [0.1, 0.15) is 17.9 Å². The molecule has 0 atom stereocenters. The molecule has 0 spiro atoms. The molecule has 0 bridgehead atoms. The highest BCUT2D eigenvalue weighted by Crippen LogP contribution is 2.24. The standard InChI is InChI=1S/C18H13F3N2O5/c1-10-8-15(25)27-13-6-7-23(17(26)16(10)13)9-14(24)22-11-2-4-12(5-3-11)28-18(19,20)21/h2-8H,9H2,1H3,(H,22,24). The van der Waals surface area contributed by atoms with E-state index < -0.39 is 29.2 Å². The Kier molecular flexibility index (Phi) is 4.95. The van der Waals surface area contributed by atoms with E-state index >= 15 is 0 Å². The zero-order chi connectivity index (χ0) is 20.5. The lowest BCUT2D eigenvalue weighted by atomic mass is 10.2. The number of amides is 1. The van der Waals surface area contributed by atoms with Crippen molar-refractivity contribution in [2.75, 3.05) is 5.32 Å². The number of hydrogen-bond donors (Lipinski definition) is 1. The van der Waals surface area contributed by atoms with Crippen LogP contribution in [0.2, 0.25) is 0 Å². The highest BCUT2D eigenvalue weighted by atomic mass is 19.4. The normalized spacial score (nSPS) is 11.4. The number of hydrogen-bond acceptors (Lipinski definition) is 5. The predicted molar refractivity (Wildman–Crippen MR) is 93.2 cm³/mol. The fraction of sp³-hybridized carbons (Fsp3) is 0.167. The van der Waals surface area contributed by atoms with E-state index in [1.165, 1.54) is 30.5 Å². The van der Waals surface area contributed by atoms with Gasteiger partial charge in [0.2, 0.25) is 5.91 Å². The number of ether oxygens (including phenoxy) is 1. The van der Waals surface area contributed by atoms with E-state index in [1.807, 2.05) is 0 Å². The number of halogens is 3. The molecule has 28 heavy (non-hydrogen) atoms. The fourth-order valence-corrected chi connectivity index (χ4v) is 2.61. The van der Waals surface area contributed by atoms with Crippen molar-refractivity contribution < 1.29 is 27.1 Å². The van der Waals surface area contributed by atoms with Gasteiger partial charge in [-0.3, -0.25) is 9.59 Å². The third-order valence-electron chi connectivity index (χ3n) is 3.75. The maximum Gasteiger partial charge on any atom is 0.573 e. The van der Waals surface area contributed by atoms with Crippen molar-refractivity contribution in [3.05, 3.63) is 68.9 Å². The summed E-state index contributed by atoms with van der Waals surface area (Å²) >= 11 is 0. The van der Waals surface area contributed by atoms with Crippen molar-refractivity contribution in [1.82, 2.24) is 4.57 Å². The lowest BCUT2D eigenvalue weighted by Gasteiger charge is -2.11. The van der Waals surface area contributed by atoms with Gasteiger partial charge < -0.3 is 19.0 Å². The maximum atomic E-state index is 12.5. The summed E-state index contributed by atoms with van der Waals surface area (Å²) in [6, 6.07) is 7.16. The van der Waals surface area contributed by atoms with E-state index in [2.05, 4.69) is 10.1 Å². The van der Waals surface area contributed by atoms with E-state index in [-0.39, 0.29) is 23.2 Å². The lowest BCUT2D eigenvalue weighted by Crippen LogP contribution is -2.27. The summed E-state index contributed by atoms with van der Waals surface area (Å²) in [4.78, 5) is 36.1. The number of alkyl halides is 3. The zero-order valence-electron chi connectivity index (χ0n) is 14.4. The van der Waals surface area contributed by atoms with Crippen LogP contribution >= 0.6 is 0 Å². The van der Waals surface area contributed by atoms with Gasteiger partial charge in [-0.15, -0.1) is 13.2 Å². The Hall–Kier alpha value is -3.56. The monoisotopic (exact) mass is 394 g/mol. The second kappa shape index (κ2) is 7.22. The highest BCUT2D eigenvalue weighted by molar-refractivity contribution is 5.90. The molecule has 2 aromatic heterocycles. The van der Waals surface area contributed by atoms with Gasteiger partial charge in [-0.25, -0.2) is 4.79 Å². The van der Waals surface area contributed by atoms with Crippen LogP contribution in [0.15, 0.2) is 56.6 Å². The van der Waals surface area contributed by atoms with Crippen LogP contribution in [-0.2, 0) is 11.3 Å². The molecule has 0 saturated heterocycles. The highest BCUT2D eigenvalue weighted by Gasteiger charge is 2.30. The summed E-state index contributed by atoms with van der Waals surface area (Å²) in [5.74, 6) is -0.991. The third kappa shape index (κ3) is 4.40. The lowest BCUT2D eigenvalue weighted by molar-refractivity contribution is -0.274. The Labute approximate surface area is 155 Å². The summed E-state index contributed by atoms with van der Waals surface area (Å²) in [6.07, 6.45) is -3.49. The number of rotatable bonds is 4. The molecule has 0 radical (unpaired) electrons. The number of anilines is 1. The van der Waals surface area contributed by atoms with Gasteiger partial charge in [-0.2, -0.15) is 0 Å². The number of pyridine rings is 1. The molecule has 146 valence electrons. The van der Waals surface area contributed by atoms with Crippen LogP contribution < -0.4 is 21.2 Å². The number of benzene rings is 1. The number of aryl methyl sites for hydroxylation is 1. The van der Waals surface area contributed by atoms with E-state index in [1.54, 1.807) is 6.92 Å². The first-order valence-corrected chi connectivity index (χ1v) is 7.92. The fourth-order valence-electron chi connectivity index (χ4n) is 2.61. The Morgan fingerprint density at radius 3 is 2.50 bits per heavy atom. The largest absolute Gasteiger partial charge is 0.573 e. The molecule has 2 heterocycles. The van der Waals surface area contributed by atoms with E-state index in [4.69, 9.17) is 4.42 Å². The average Bonchev–Trinajstić information content (AvgIpc) is 2.57. The molecular weight excluding hydrogens is 381 g/mol. The molecule has 7 nitrogen and oxygen atoms in total.